The number of methoxy groups -OCH3 is 1. The van der Waals surface area contributed by atoms with Crippen LogP contribution in [0.5, 0.6) is 5.75 Å². The van der Waals surface area contributed by atoms with Gasteiger partial charge < -0.3 is 14.5 Å². The first kappa shape index (κ1) is 17.7. The number of carbonyl (C=O) groups excluding carboxylic acids is 2. The molecular weight excluding hydrogens is 330 g/mol. The van der Waals surface area contributed by atoms with Crippen LogP contribution in [-0.4, -0.2) is 18.8 Å². The lowest BCUT2D eigenvalue weighted by atomic mass is 10.0. The average molecular weight is 351 g/mol. The van der Waals surface area contributed by atoms with Gasteiger partial charge in [-0.15, -0.1) is 0 Å². The van der Waals surface area contributed by atoms with Gasteiger partial charge in [-0.2, -0.15) is 0 Å². The highest BCUT2D eigenvalue weighted by molar-refractivity contribution is 5.94. The third kappa shape index (κ3) is 3.77. The zero-order valence-corrected chi connectivity index (χ0v) is 15.0. The summed E-state index contributed by atoms with van der Waals surface area (Å²) in [5.74, 6) is 1.06. The zero-order valence-electron chi connectivity index (χ0n) is 15.0. The second kappa shape index (κ2) is 7.44. The molecule has 1 unspecified atom stereocenters. The van der Waals surface area contributed by atoms with Gasteiger partial charge in [0.05, 0.1) is 19.6 Å². The van der Waals surface area contributed by atoms with Gasteiger partial charge in [0.2, 0.25) is 5.91 Å². The van der Waals surface area contributed by atoms with Crippen LogP contribution < -0.4 is 10.1 Å². The van der Waals surface area contributed by atoms with Crippen LogP contribution in [0.4, 0.5) is 0 Å². The number of hydrogen-bond acceptors (Lipinski definition) is 4. The molecule has 134 valence electrons. The van der Waals surface area contributed by atoms with Crippen molar-refractivity contribution in [3.8, 4) is 5.75 Å². The van der Waals surface area contributed by atoms with Gasteiger partial charge in [-0.3, -0.25) is 9.59 Å². The van der Waals surface area contributed by atoms with E-state index >= 15 is 0 Å². The van der Waals surface area contributed by atoms with E-state index in [4.69, 9.17) is 9.15 Å². The molecule has 1 aromatic heterocycles. The zero-order chi connectivity index (χ0) is 18.7. The molecule has 0 saturated heterocycles. The lowest BCUT2D eigenvalue weighted by molar-refractivity contribution is -0.121. The van der Waals surface area contributed by atoms with E-state index in [1.54, 1.807) is 25.3 Å². The number of rotatable bonds is 6. The van der Waals surface area contributed by atoms with E-state index in [9.17, 15) is 9.59 Å². The summed E-state index contributed by atoms with van der Waals surface area (Å²) >= 11 is 0. The molecule has 0 aliphatic heterocycles. The van der Waals surface area contributed by atoms with Gasteiger partial charge >= 0.3 is 0 Å². The fourth-order valence-corrected chi connectivity index (χ4v) is 2.89. The summed E-state index contributed by atoms with van der Waals surface area (Å²) in [6.07, 6.45) is 0.120. The van der Waals surface area contributed by atoms with Crippen LogP contribution in [0.1, 0.15) is 41.6 Å². The molecule has 1 amide bonds. The summed E-state index contributed by atoms with van der Waals surface area (Å²) in [6, 6.07) is 14.5. The van der Waals surface area contributed by atoms with Gasteiger partial charge in [-0.25, -0.2) is 0 Å². The molecule has 0 aliphatic rings. The second-order valence-corrected chi connectivity index (χ2v) is 6.24. The van der Waals surface area contributed by atoms with Crippen LogP contribution in [0.2, 0.25) is 0 Å². The number of Topliss-reactive ketones (excluding diaryl/α,β-unsaturated/α-hetero) is 1. The number of para-hydroxylation sites is 1. The van der Waals surface area contributed by atoms with Crippen molar-refractivity contribution in [2.24, 2.45) is 0 Å². The van der Waals surface area contributed by atoms with Gasteiger partial charge in [0.15, 0.2) is 5.78 Å². The van der Waals surface area contributed by atoms with Gasteiger partial charge in [-0.1, -0.05) is 18.2 Å². The number of carbonyl (C=O) groups is 2. The van der Waals surface area contributed by atoms with Crippen molar-refractivity contribution < 1.29 is 18.7 Å². The van der Waals surface area contributed by atoms with Gasteiger partial charge in [0.25, 0.3) is 0 Å². The smallest absolute Gasteiger partial charge is 0.225 e. The van der Waals surface area contributed by atoms with Crippen molar-refractivity contribution in [1.82, 2.24) is 5.32 Å². The highest BCUT2D eigenvalue weighted by Gasteiger charge is 2.16. The predicted octanol–water partition coefficient (Wildman–Crippen LogP) is 4.06. The maximum atomic E-state index is 12.5. The van der Waals surface area contributed by atoms with E-state index in [1.165, 1.54) is 6.92 Å². The van der Waals surface area contributed by atoms with Crippen molar-refractivity contribution in [2.75, 3.05) is 7.11 Å². The Hall–Kier alpha value is -3.08. The molecule has 0 bridgehead atoms. The quantitative estimate of drug-likeness (QED) is 0.680. The van der Waals surface area contributed by atoms with Crippen LogP contribution in [0.15, 0.2) is 52.9 Å². The molecule has 1 atom stereocenters. The second-order valence-electron chi connectivity index (χ2n) is 6.24. The molecule has 3 aromatic rings. The van der Waals surface area contributed by atoms with E-state index in [2.05, 4.69) is 5.32 Å². The Morgan fingerprint density at radius 2 is 1.92 bits per heavy atom. The minimum atomic E-state index is -0.267. The standard InChI is InChI=1S/C21H21NO4/c1-13(20-11-16-6-4-5-7-19(16)26-20)22-21(24)12-17-10-15(14(2)23)8-9-18(17)25-3/h4-11,13H,12H2,1-3H3,(H,22,24). The summed E-state index contributed by atoms with van der Waals surface area (Å²) < 4.78 is 11.1. The fraction of sp³-hybridized carbons (Fsp3) is 0.238. The Morgan fingerprint density at radius 1 is 1.15 bits per heavy atom. The molecule has 5 nitrogen and oxygen atoms in total. The van der Waals surface area contributed by atoms with Crippen molar-refractivity contribution in [2.45, 2.75) is 26.3 Å². The maximum absolute atomic E-state index is 12.5. The number of fused-ring (bicyclic) bond motifs is 1. The Labute approximate surface area is 152 Å². The minimum absolute atomic E-state index is 0.0510. The topological polar surface area (TPSA) is 68.5 Å². The number of benzene rings is 2. The monoisotopic (exact) mass is 351 g/mol. The van der Waals surface area contributed by atoms with Gasteiger partial charge in [0.1, 0.15) is 17.1 Å². The van der Waals surface area contributed by atoms with Crippen LogP contribution in [0.3, 0.4) is 0 Å². The van der Waals surface area contributed by atoms with Crippen molar-refractivity contribution >= 4 is 22.7 Å². The molecule has 26 heavy (non-hydrogen) atoms. The van der Waals surface area contributed by atoms with Gasteiger partial charge in [0, 0.05) is 16.5 Å². The number of furan rings is 1. The number of ketones is 1. The van der Waals surface area contributed by atoms with Crippen molar-refractivity contribution in [3.63, 3.8) is 0 Å². The lowest BCUT2D eigenvalue weighted by Gasteiger charge is -2.13. The largest absolute Gasteiger partial charge is 0.496 e. The molecule has 0 aliphatic carbocycles. The van der Waals surface area contributed by atoms with Crippen molar-refractivity contribution in [1.29, 1.82) is 0 Å². The summed E-state index contributed by atoms with van der Waals surface area (Å²) in [5.41, 5.74) is 2.02. The maximum Gasteiger partial charge on any atom is 0.225 e. The first-order valence-electron chi connectivity index (χ1n) is 8.43. The number of ether oxygens (including phenoxy) is 1. The Balaban J connectivity index is 1.73. The number of amides is 1. The highest BCUT2D eigenvalue weighted by Crippen LogP contribution is 2.24. The number of nitrogens with one attached hydrogen (secondary N) is 1. The first-order valence-corrected chi connectivity index (χ1v) is 8.43. The molecule has 5 heteroatoms. The summed E-state index contributed by atoms with van der Waals surface area (Å²) in [7, 11) is 1.54. The molecule has 0 saturated carbocycles. The summed E-state index contributed by atoms with van der Waals surface area (Å²) in [4.78, 5) is 24.0. The van der Waals surface area contributed by atoms with Crippen LogP contribution in [0.25, 0.3) is 11.0 Å². The normalized spacial score (nSPS) is 12.0. The molecule has 0 fully saturated rings. The average Bonchev–Trinajstić information content (AvgIpc) is 3.05. The molecule has 2 aromatic carbocycles. The molecule has 0 spiro atoms. The van der Waals surface area contributed by atoms with E-state index < -0.39 is 0 Å². The molecule has 0 radical (unpaired) electrons. The fourth-order valence-electron chi connectivity index (χ4n) is 2.89. The van der Waals surface area contributed by atoms with Crippen LogP contribution >= 0.6 is 0 Å². The lowest BCUT2D eigenvalue weighted by Crippen LogP contribution is -2.28. The molecule has 1 N–H and O–H groups in total. The van der Waals surface area contributed by atoms with Crippen molar-refractivity contribution in [3.05, 3.63) is 65.4 Å². The minimum Gasteiger partial charge on any atom is -0.496 e. The molecule has 1 heterocycles. The Morgan fingerprint density at radius 3 is 2.62 bits per heavy atom. The highest BCUT2D eigenvalue weighted by atomic mass is 16.5. The van der Waals surface area contributed by atoms with E-state index in [0.29, 0.717) is 22.6 Å². The third-order valence-electron chi connectivity index (χ3n) is 4.29. The van der Waals surface area contributed by atoms with E-state index in [-0.39, 0.29) is 24.2 Å². The van der Waals surface area contributed by atoms with E-state index in [1.807, 2.05) is 37.3 Å². The molecular formula is C21H21NO4. The SMILES string of the molecule is COc1ccc(C(C)=O)cc1CC(=O)NC(C)c1cc2ccccc2o1. The van der Waals surface area contributed by atoms with Gasteiger partial charge in [-0.05, 0) is 44.2 Å². The first-order chi connectivity index (χ1) is 12.5. The summed E-state index contributed by atoms with van der Waals surface area (Å²) in [6.45, 7) is 3.37. The Bertz CT molecular complexity index is 925. The number of hydrogen-bond donors (Lipinski definition) is 1. The predicted molar refractivity (Wildman–Crippen MR) is 99.5 cm³/mol. The third-order valence-corrected chi connectivity index (χ3v) is 4.29. The van der Waals surface area contributed by atoms with Crippen LogP contribution in [-0.2, 0) is 11.2 Å². The summed E-state index contributed by atoms with van der Waals surface area (Å²) in [5, 5.41) is 3.93. The van der Waals surface area contributed by atoms with E-state index in [0.717, 1.165) is 11.0 Å². The Kier molecular flexibility index (Phi) is 5.07. The molecule has 3 rings (SSSR count). The van der Waals surface area contributed by atoms with Crippen LogP contribution in [0, 0.1) is 0 Å².